The van der Waals surface area contributed by atoms with E-state index in [1.165, 1.54) is 11.3 Å². The SMILES string of the molecule is CCCN(C(=O)NCc1ccc(OC)cc1)N1CC(=O)N2[C@@H](Cc3ccc(-c4nnn[nH]4)cc3)C(=O)N(Cc3cccc4sc(N)nc34)C[C@@H]21. The molecule has 5 aromatic rings. The highest BCUT2D eigenvalue weighted by atomic mass is 32.1. The molecule has 4 amide bonds. The summed E-state index contributed by atoms with van der Waals surface area (Å²) in [5.41, 5.74) is 10.2. The first-order valence-corrected chi connectivity index (χ1v) is 17.2. The number of H-pyrrole nitrogens is 1. The Morgan fingerprint density at radius 1 is 1.10 bits per heavy atom. The third kappa shape index (κ3) is 6.54. The van der Waals surface area contributed by atoms with Crippen molar-refractivity contribution < 1.29 is 19.1 Å². The molecule has 4 heterocycles. The molecule has 0 spiro atoms. The third-order valence-electron chi connectivity index (χ3n) is 9.03. The normalized spacial score (nSPS) is 17.7. The minimum atomic E-state index is -0.797. The van der Waals surface area contributed by atoms with Gasteiger partial charge in [-0.05, 0) is 51.7 Å². The van der Waals surface area contributed by atoms with E-state index in [2.05, 4.69) is 30.9 Å². The minimum absolute atomic E-state index is 0.0339. The van der Waals surface area contributed by atoms with Crippen molar-refractivity contribution in [3.8, 4) is 17.1 Å². The van der Waals surface area contributed by atoms with Gasteiger partial charge < -0.3 is 25.6 Å². The maximum atomic E-state index is 14.4. The van der Waals surface area contributed by atoms with Gasteiger partial charge in [-0.15, -0.1) is 5.10 Å². The molecule has 2 fully saturated rings. The van der Waals surface area contributed by atoms with Crippen LogP contribution in [0.1, 0.15) is 30.0 Å². The summed E-state index contributed by atoms with van der Waals surface area (Å²) in [4.78, 5) is 50.0. The standard InChI is InChI=1S/C34H37N11O4S/c1-3-15-43(34(48)36-17-22-9-13-25(49-2)14-10-22)44-20-29(46)45-26(16-21-7-11-23(12-8-21)31-38-40-41-39-31)32(47)42(19-28(44)45)18-24-5-4-6-27-30(24)37-33(35)50-27/h4-14,26,28H,3,15-20H2,1-2H3,(H2,35,37)(H,36,48)(H,38,39,40,41)/t26-,28+/m0/s1. The number of ether oxygens (including phenoxy) is 1. The zero-order valence-corrected chi connectivity index (χ0v) is 28.5. The summed E-state index contributed by atoms with van der Waals surface area (Å²) in [6.45, 7) is 3.12. The molecule has 0 saturated carbocycles. The van der Waals surface area contributed by atoms with Gasteiger partial charge in [0.25, 0.3) is 0 Å². The first-order chi connectivity index (χ1) is 24.3. The number of methoxy groups -OCH3 is 1. The molecule has 15 nitrogen and oxygen atoms in total. The number of thiazole rings is 1. The number of aromatic amines is 1. The molecule has 2 atom stereocenters. The van der Waals surface area contributed by atoms with Crippen LogP contribution in [0.3, 0.4) is 0 Å². The van der Waals surface area contributed by atoms with Gasteiger partial charge in [0, 0.05) is 31.6 Å². The molecule has 2 aromatic heterocycles. The number of nitrogens with zero attached hydrogens (tertiary/aromatic N) is 8. The fourth-order valence-corrected chi connectivity index (χ4v) is 7.40. The van der Waals surface area contributed by atoms with Crippen LogP contribution in [0.15, 0.2) is 66.7 Å². The zero-order valence-electron chi connectivity index (χ0n) is 27.7. The van der Waals surface area contributed by atoms with Crippen LogP contribution in [0.25, 0.3) is 21.6 Å². The van der Waals surface area contributed by atoms with Gasteiger partial charge in [-0.25, -0.2) is 14.9 Å². The number of hydrazine groups is 1. The summed E-state index contributed by atoms with van der Waals surface area (Å²) in [6.07, 6.45) is 0.383. The second kappa shape index (κ2) is 14.1. The van der Waals surface area contributed by atoms with Crippen molar-refractivity contribution in [1.82, 2.24) is 50.7 Å². The number of carbonyl (C=O) groups excluding carboxylic acids is 3. The predicted octanol–water partition coefficient (Wildman–Crippen LogP) is 3.03. The van der Waals surface area contributed by atoms with E-state index in [0.29, 0.717) is 30.5 Å². The quantitative estimate of drug-likeness (QED) is 0.186. The van der Waals surface area contributed by atoms with Crippen LogP contribution >= 0.6 is 11.3 Å². The number of rotatable bonds is 11. The number of para-hydroxylation sites is 1. The van der Waals surface area contributed by atoms with Crippen LogP contribution in [0.5, 0.6) is 5.75 Å². The number of urea groups is 1. The largest absolute Gasteiger partial charge is 0.497 e. The average Bonchev–Trinajstić information content (AvgIpc) is 3.88. The number of nitrogens with one attached hydrogen (secondary N) is 2. The van der Waals surface area contributed by atoms with E-state index in [1.54, 1.807) is 21.9 Å². The van der Waals surface area contributed by atoms with Crippen LogP contribution in [-0.2, 0) is 29.1 Å². The molecule has 16 heteroatoms. The molecular formula is C34H37N11O4S. The number of hydrogen-bond acceptors (Lipinski definition) is 11. The number of hydrogen-bond donors (Lipinski definition) is 3. The Bertz CT molecular complexity index is 1980. The van der Waals surface area contributed by atoms with Gasteiger partial charge in [0.2, 0.25) is 11.8 Å². The molecule has 2 aliphatic rings. The summed E-state index contributed by atoms with van der Waals surface area (Å²) >= 11 is 1.40. The molecule has 2 aliphatic heterocycles. The van der Waals surface area contributed by atoms with Crippen molar-refractivity contribution >= 4 is 44.5 Å². The zero-order chi connectivity index (χ0) is 34.8. The van der Waals surface area contributed by atoms with Gasteiger partial charge >= 0.3 is 6.03 Å². The highest BCUT2D eigenvalue weighted by Gasteiger charge is 2.52. The molecule has 2 saturated heterocycles. The Balaban J connectivity index is 1.18. The van der Waals surface area contributed by atoms with Gasteiger partial charge in [0.05, 0.1) is 30.4 Å². The highest BCUT2D eigenvalue weighted by molar-refractivity contribution is 7.22. The van der Waals surface area contributed by atoms with Crippen LogP contribution in [0.4, 0.5) is 9.93 Å². The number of amides is 4. The summed E-state index contributed by atoms with van der Waals surface area (Å²) in [7, 11) is 1.61. The maximum Gasteiger partial charge on any atom is 0.332 e. The van der Waals surface area contributed by atoms with Crippen LogP contribution in [-0.4, -0.2) is 102 Å². The van der Waals surface area contributed by atoms with Crippen LogP contribution in [0, 0.1) is 0 Å². The van der Waals surface area contributed by atoms with Crippen molar-refractivity contribution in [3.63, 3.8) is 0 Å². The van der Waals surface area contributed by atoms with Crippen molar-refractivity contribution in [1.29, 1.82) is 0 Å². The minimum Gasteiger partial charge on any atom is -0.497 e. The van der Waals surface area contributed by atoms with E-state index < -0.39 is 12.2 Å². The summed E-state index contributed by atoms with van der Waals surface area (Å²) in [5, 5.41) is 20.9. The molecule has 0 radical (unpaired) electrons. The number of nitrogens with two attached hydrogens (primary N) is 1. The number of tetrazole rings is 1. The van der Waals surface area contributed by atoms with Gasteiger partial charge in [0.1, 0.15) is 18.0 Å². The smallest absolute Gasteiger partial charge is 0.332 e. The summed E-state index contributed by atoms with van der Waals surface area (Å²) in [5.74, 6) is 0.869. The number of aromatic nitrogens is 5. The topological polar surface area (TPSA) is 179 Å². The molecular weight excluding hydrogens is 659 g/mol. The second-order valence-electron chi connectivity index (χ2n) is 12.2. The first-order valence-electron chi connectivity index (χ1n) is 16.3. The summed E-state index contributed by atoms with van der Waals surface area (Å²) in [6, 6.07) is 19.8. The van der Waals surface area contributed by atoms with Crippen molar-refractivity contribution in [3.05, 3.63) is 83.4 Å². The third-order valence-corrected chi connectivity index (χ3v) is 9.88. The van der Waals surface area contributed by atoms with E-state index in [1.807, 2.05) is 78.7 Å². The number of nitrogen functional groups attached to an aromatic ring is 1. The van der Waals surface area contributed by atoms with Crippen molar-refractivity contribution in [2.45, 2.75) is 45.1 Å². The average molecular weight is 696 g/mol. The molecule has 3 aromatic carbocycles. The maximum absolute atomic E-state index is 14.4. The van der Waals surface area contributed by atoms with Gasteiger partial charge in [0.15, 0.2) is 11.0 Å². The molecule has 0 aliphatic carbocycles. The lowest BCUT2D eigenvalue weighted by Gasteiger charge is -2.46. The van der Waals surface area contributed by atoms with E-state index in [4.69, 9.17) is 10.5 Å². The Morgan fingerprint density at radius 2 is 1.88 bits per heavy atom. The number of piperazine rings is 1. The van der Waals surface area contributed by atoms with Gasteiger partial charge in [-0.2, -0.15) is 5.01 Å². The summed E-state index contributed by atoms with van der Waals surface area (Å²) < 4.78 is 6.19. The monoisotopic (exact) mass is 695 g/mol. The first kappa shape index (κ1) is 32.9. The number of anilines is 1. The van der Waals surface area contributed by atoms with E-state index in [0.717, 1.165) is 38.2 Å². The Labute approximate surface area is 292 Å². The molecule has 258 valence electrons. The Kier molecular flexibility index (Phi) is 9.27. The van der Waals surface area contributed by atoms with Gasteiger partial charge in [-0.3, -0.25) is 14.6 Å². The van der Waals surface area contributed by atoms with Gasteiger partial charge in [-0.1, -0.05) is 66.8 Å². The van der Waals surface area contributed by atoms with Crippen LogP contribution in [0.2, 0.25) is 0 Å². The lowest BCUT2D eigenvalue weighted by Crippen LogP contribution is -2.66. The lowest BCUT2D eigenvalue weighted by molar-refractivity contribution is -0.157. The molecule has 0 bridgehead atoms. The number of carbonyl (C=O) groups is 3. The van der Waals surface area contributed by atoms with Crippen molar-refractivity contribution in [2.75, 3.05) is 32.5 Å². The lowest BCUT2D eigenvalue weighted by atomic mass is 9.99. The number of benzene rings is 3. The molecule has 50 heavy (non-hydrogen) atoms. The van der Waals surface area contributed by atoms with Crippen molar-refractivity contribution in [2.24, 2.45) is 0 Å². The number of fused-ring (bicyclic) bond motifs is 2. The fraction of sp³-hybridized carbons (Fsp3) is 0.324. The molecule has 4 N–H and O–H groups in total. The van der Waals surface area contributed by atoms with E-state index in [9.17, 15) is 14.4 Å². The highest BCUT2D eigenvalue weighted by Crippen LogP contribution is 2.33. The second-order valence-corrected chi connectivity index (χ2v) is 13.3. The predicted molar refractivity (Wildman–Crippen MR) is 186 cm³/mol. The Morgan fingerprint density at radius 3 is 2.60 bits per heavy atom. The molecule has 0 unspecified atom stereocenters. The Hall–Kier alpha value is -5.61. The van der Waals surface area contributed by atoms with E-state index in [-0.39, 0.29) is 43.9 Å². The van der Waals surface area contributed by atoms with E-state index >= 15 is 0 Å². The fourth-order valence-electron chi connectivity index (χ4n) is 6.62. The molecule has 7 rings (SSSR count). The van der Waals surface area contributed by atoms with Crippen LogP contribution < -0.4 is 15.8 Å².